The molecular formula is C15H31N3. The van der Waals surface area contributed by atoms with Crippen LogP contribution in [0.25, 0.3) is 0 Å². The summed E-state index contributed by atoms with van der Waals surface area (Å²) < 4.78 is 0. The minimum atomic E-state index is 0.767. The molecule has 0 radical (unpaired) electrons. The second-order valence-electron chi connectivity index (χ2n) is 6.26. The Hall–Kier alpha value is -0.120. The first-order valence-corrected chi connectivity index (χ1v) is 7.84. The van der Waals surface area contributed by atoms with E-state index in [0.717, 1.165) is 18.0 Å². The predicted molar refractivity (Wildman–Crippen MR) is 78.0 cm³/mol. The van der Waals surface area contributed by atoms with Gasteiger partial charge in [-0.15, -0.1) is 0 Å². The number of nitrogens with one attached hydrogen (secondary N) is 1. The summed E-state index contributed by atoms with van der Waals surface area (Å²) >= 11 is 0. The summed E-state index contributed by atoms with van der Waals surface area (Å²) in [6.45, 7) is 7.50. The van der Waals surface area contributed by atoms with Gasteiger partial charge in [0.15, 0.2) is 0 Å². The molecule has 3 heteroatoms. The van der Waals surface area contributed by atoms with Gasteiger partial charge in [-0.05, 0) is 58.8 Å². The van der Waals surface area contributed by atoms with Gasteiger partial charge in [-0.3, -0.25) is 4.90 Å². The summed E-state index contributed by atoms with van der Waals surface area (Å²) in [6.07, 6.45) is 6.85. The van der Waals surface area contributed by atoms with Crippen molar-refractivity contribution < 1.29 is 0 Å². The maximum atomic E-state index is 3.52. The first-order chi connectivity index (χ1) is 8.74. The Morgan fingerprint density at radius 2 is 2.00 bits per heavy atom. The molecule has 2 rings (SSSR count). The highest BCUT2D eigenvalue weighted by Crippen LogP contribution is 2.27. The van der Waals surface area contributed by atoms with Crippen LogP contribution in [0.3, 0.4) is 0 Å². The zero-order valence-corrected chi connectivity index (χ0v) is 12.5. The third-order valence-corrected chi connectivity index (χ3v) is 4.99. The summed E-state index contributed by atoms with van der Waals surface area (Å²) in [5, 5.41) is 3.52. The summed E-state index contributed by atoms with van der Waals surface area (Å²) in [4.78, 5) is 5.29. The Kier molecular flexibility index (Phi) is 5.46. The Labute approximate surface area is 113 Å². The minimum Gasteiger partial charge on any atom is -0.317 e. The predicted octanol–water partition coefficient (Wildman–Crippen LogP) is 1.79. The summed E-state index contributed by atoms with van der Waals surface area (Å²) in [5.74, 6) is 0.882. The van der Waals surface area contributed by atoms with Gasteiger partial charge in [0, 0.05) is 25.2 Å². The van der Waals surface area contributed by atoms with Gasteiger partial charge in [-0.25, -0.2) is 0 Å². The van der Waals surface area contributed by atoms with Gasteiger partial charge >= 0.3 is 0 Å². The van der Waals surface area contributed by atoms with E-state index in [4.69, 9.17) is 0 Å². The summed E-state index contributed by atoms with van der Waals surface area (Å²) in [6, 6.07) is 1.54. The van der Waals surface area contributed by atoms with Crippen molar-refractivity contribution in [2.45, 2.75) is 51.1 Å². The molecule has 3 atom stereocenters. The Balaban J connectivity index is 1.93. The van der Waals surface area contributed by atoms with Gasteiger partial charge in [0.1, 0.15) is 0 Å². The average Bonchev–Trinajstić information content (AvgIpc) is 2.74. The van der Waals surface area contributed by atoms with Crippen molar-refractivity contribution in [2.75, 3.05) is 40.3 Å². The molecule has 0 amide bonds. The molecule has 0 aromatic rings. The molecule has 0 aromatic carbocycles. The molecule has 0 spiro atoms. The lowest BCUT2D eigenvalue weighted by Crippen LogP contribution is -2.45. The van der Waals surface area contributed by atoms with Gasteiger partial charge in [0.25, 0.3) is 0 Å². The molecule has 3 unspecified atom stereocenters. The SMILES string of the molecule is CCC1CN(C)CCCN1CC1CCCC1NC. The molecule has 1 saturated carbocycles. The smallest absolute Gasteiger partial charge is 0.0220 e. The Bertz CT molecular complexity index is 244. The molecule has 1 N–H and O–H groups in total. The van der Waals surface area contributed by atoms with E-state index in [0.29, 0.717) is 0 Å². The first kappa shape index (κ1) is 14.3. The highest BCUT2D eigenvalue weighted by atomic mass is 15.2. The highest BCUT2D eigenvalue weighted by Gasteiger charge is 2.30. The number of hydrogen-bond donors (Lipinski definition) is 1. The van der Waals surface area contributed by atoms with Crippen molar-refractivity contribution in [1.29, 1.82) is 0 Å². The second kappa shape index (κ2) is 6.88. The van der Waals surface area contributed by atoms with Gasteiger partial charge < -0.3 is 10.2 Å². The highest BCUT2D eigenvalue weighted by molar-refractivity contribution is 4.87. The molecule has 106 valence electrons. The second-order valence-corrected chi connectivity index (χ2v) is 6.26. The van der Waals surface area contributed by atoms with Crippen LogP contribution in [0.2, 0.25) is 0 Å². The fourth-order valence-electron chi connectivity index (χ4n) is 3.86. The van der Waals surface area contributed by atoms with Crippen LogP contribution in [0.5, 0.6) is 0 Å². The van der Waals surface area contributed by atoms with Crippen LogP contribution in [0.1, 0.15) is 39.0 Å². The molecule has 3 nitrogen and oxygen atoms in total. The maximum Gasteiger partial charge on any atom is 0.0220 e. The lowest BCUT2D eigenvalue weighted by molar-refractivity contribution is 0.150. The fraction of sp³-hybridized carbons (Fsp3) is 1.00. The van der Waals surface area contributed by atoms with Crippen LogP contribution >= 0.6 is 0 Å². The van der Waals surface area contributed by atoms with Crippen molar-refractivity contribution in [3.05, 3.63) is 0 Å². The maximum absolute atomic E-state index is 3.52. The quantitative estimate of drug-likeness (QED) is 0.824. The third kappa shape index (κ3) is 3.46. The average molecular weight is 253 g/mol. The Morgan fingerprint density at radius 3 is 2.72 bits per heavy atom. The molecule has 18 heavy (non-hydrogen) atoms. The number of hydrogen-bond acceptors (Lipinski definition) is 3. The van der Waals surface area contributed by atoms with E-state index in [9.17, 15) is 0 Å². The van der Waals surface area contributed by atoms with Crippen molar-refractivity contribution in [3.8, 4) is 0 Å². The molecule has 2 aliphatic rings. The number of nitrogens with zero attached hydrogens (tertiary/aromatic N) is 2. The van der Waals surface area contributed by atoms with Gasteiger partial charge in [-0.1, -0.05) is 13.3 Å². The van der Waals surface area contributed by atoms with Crippen LogP contribution < -0.4 is 5.32 Å². The van der Waals surface area contributed by atoms with E-state index >= 15 is 0 Å². The molecule has 0 bridgehead atoms. The van der Waals surface area contributed by atoms with E-state index in [2.05, 4.69) is 36.1 Å². The molecule has 1 heterocycles. The van der Waals surface area contributed by atoms with Crippen LogP contribution in [0, 0.1) is 5.92 Å². The normalized spacial score (nSPS) is 35.8. The van der Waals surface area contributed by atoms with Gasteiger partial charge in [0.2, 0.25) is 0 Å². The molecule has 0 aromatic heterocycles. The van der Waals surface area contributed by atoms with Crippen molar-refractivity contribution >= 4 is 0 Å². The zero-order chi connectivity index (χ0) is 13.0. The summed E-state index contributed by atoms with van der Waals surface area (Å²) in [7, 11) is 4.41. The monoisotopic (exact) mass is 253 g/mol. The first-order valence-electron chi connectivity index (χ1n) is 7.84. The van der Waals surface area contributed by atoms with Crippen LogP contribution in [0.4, 0.5) is 0 Å². The van der Waals surface area contributed by atoms with Crippen LogP contribution in [-0.4, -0.2) is 62.2 Å². The van der Waals surface area contributed by atoms with E-state index in [1.807, 2.05) is 0 Å². The lowest BCUT2D eigenvalue weighted by Gasteiger charge is -2.33. The lowest BCUT2D eigenvalue weighted by atomic mass is 10.0. The molecule has 1 aliphatic carbocycles. The molecule has 2 fully saturated rings. The number of likely N-dealkylation sites (N-methyl/N-ethyl adjacent to an activating group) is 1. The van der Waals surface area contributed by atoms with E-state index in [1.54, 1.807) is 0 Å². The van der Waals surface area contributed by atoms with Crippen molar-refractivity contribution in [1.82, 2.24) is 15.1 Å². The Morgan fingerprint density at radius 1 is 1.17 bits per heavy atom. The van der Waals surface area contributed by atoms with E-state index < -0.39 is 0 Å². The molecule has 1 aliphatic heterocycles. The molecule has 1 saturated heterocycles. The van der Waals surface area contributed by atoms with Crippen molar-refractivity contribution in [2.24, 2.45) is 5.92 Å². The minimum absolute atomic E-state index is 0.767. The van der Waals surface area contributed by atoms with E-state index in [-0.39, 0.29) is 0 Å². The van der Waals surface area contributed by atoms with E-state index in [1.165, 1.54) is 58.3 Å². The number of rotatable bonds is 4. The van der Waals surface area contributed by atoms with Crippen LogP contribution in [-0.2, 0) is 0 Å². The van der Waals surface area contributed by atoms with Crippen LogP contribution in [0.15, 0.2) is 0 Å². The van der Waals surface area contributed by atoms with Crippen molar-refractivity contribution in [3.63, 3.8) is 0 Å². The van der Waals surface area contributed by atoms with Gasteiger partial charge in [0.05, 0.1) is 0 Å². The standard InChI is InChI=1S/C15H31N3/c1-4-14-12-17(3)9-6-10-18(14)11-13-7-5-8-15(13)16-2/h13-16H,4-12H2,1-3H3. The zero-order valence-electron chi connectivity index (χ0n) is 12.5. The molecular weight excluding hydrogens is 222 g/mol. The summed E-state index contributed by atoms with van der Waals surface area (Å²) in [5.41, 5.74) is 0. The third-order valence-electron chi connectivity index (χ3n) is 4.99. The van der Waals surface area contributed by atoms with Gasteiger partial charge in [-0.2, -0.15) is 0 Å². The topological polar surface area (TPSA) is 18.5 Å². The fourth-order valence-corrected chi connectivity index (χ4v) is 3.86. The largest absolute Gasteiger partial charge is 0.317 e.